The average molecular weight is 400 g/mol. The predicted molar refractivity (Wildman–Crippen MR) is 115 cm³/mol. The molecule has 3 aromatic carbocycles. The molecule has 148 valence electrons. The van der Waals surface area contributed by atoms with Gasteiger partial charge in [0.15, 0.2) is 5.58 Å². The first kappa shape index (κ1) is 19.1. The van der Waals surface area contributed by atoms with Crippen LogP contribution in [0, 0.1) is 17.0 Å². The van der Waals surface area contributed by atoms with Gasteiger partial charge in [-0.15, -0.1) is 0 Å². The van der Waals surface area contributed by atoms with Gasteiger partial charge in [-0.2, -0.15) is 0 Å². The number of fused-ring (bicyclic) bond motifs is 1. The van der Waals surface area contributed by atoms with E-state index in [0.29, 0.717) is 11.3 Å². The highest BCUT2D eigenvalue weighted by Gasteiger charge is 2.11. The van der Waals surface area contributed by atoms with E-state index in [9.17, 15) is 20.0 Å². The summed E-state index contributed by atoms with van der Waals surface area (Å²) in [4.78, 5) is 26.5. The van der Waals surface area contributed by atoms with E-state index in [1.54, 1.807) is 37.3 Å². The van der Waals surface area contributed by atoms with E-state index in [2.05, 4.69) is 4.99 Å². The molecule has 1 N–H and O–H groups in total. The molecular weight excluding hydrogens is 384 g/mol. The Labute approximate surface area is 170 Å². The number of nitrogens with zero attached hydrogens (tertiary/aromatic N) is 2. The first-order valence-corrected chi connectivity index (χ1v) is 9.08. The molecule has 30 heavy (non-hydrogen) atoms. The Bertz CT molecular complexity index is 1340. The van der Waals surface area contributed by atoms with Crippen LogP contribution in [-0.4, -0.2) is 16.2 Å². The highest BCUT2D eigenvalue weighted by molar-refractivity contribution is 6.00. The number of rotatable bonds is 4. The lowest BCUT2D eigenvalue weighted by molar-refractivity contribution is -0.384. The molecular formula is C23H16N2O5. The lowest BCUT2D eigenvalue weighted by Gasteiger charge is -2.06. The topological polar surface area (TPSA) is 106 Å². The van der Waals surface area contributed by atoms with E-state index in [1.165, 1.54) is 30.5 Å². The number of aliphatic imine (C=N–C) groups is 1. The van der Waals surface area contributed by atoms with E-state index in [0.717, 1.165) is 22.1 Å². The molecule has 0 atom stereocenters. The van der Waals surface area contributed by atoms with Crippen LogP contribution in [-0.2, 0) is 0 Å². The quantitative estimate of drug-likeness (QED) is 0.221. The molecule has 7 heteroatoms. The summed E-state index contributed by atoms with van der Waals surface area (Å²) in [6, 6.07) is 18.2. The Morgan fingerprint density at radius 3 is 2.27 bits per heavy atom. The van der Waals surface area contributed by atoms with Crippen molar-refractivity contribution in [2.45, 2.75) is 6.92 Å². The second-order valence-electron chi connectivity index (χ2n) is 6.73. The van der Waals surface area contributed by atoms with Gasteiger partial charge in [0, 0.05) is 29.8 Å². The third-order valence-corrected chi connectivity index (χ3v) is 4.76. The molecule has 4 aromatic rings. The van der Waals surface area contributed by atoms with Crippen LogP contribution in [0.25, 0.3) is 22.1 Å². The minimum Gasteiger partial charge on any atom is -0.507 e. The van der Waals surface area contributed by atoms with Crippen molar-refractivity contribution in [3.63, 3.8) is 0 Å². The molecule has 1 heterocycles. The van der Waals surface area contributed by atoms with E-state index >= 15 is 0 Å². The lowest BCUT2D eigenvalue weighted by Crippen LogP contribution is -2.00. The lowest BCUT2D eigenvalue weighted by atomic mass is 10.1. The molecule has 4 rings (SSSR count). The van der Waals surface area contributed by atoms with Crippen LogP contribution < -0.4 is 5.63 Å². The van der Waals surface area contributed by atoms with Crippen molar-refractivity contribution in [1.82, 2.24) is 0 Å². The van der Waals surface area contributed by atoms with Crippen LogP contribution in [0.1, 0.15) is 11.1 Å². The van der Waals surface area contributed by atoms with Gasteiger partial charge in [0.2, 0.25) is 0 Å². The van der Waals surface area contributed by atoms with Crippen LogP contribution in [0.2, 0.25) is 0 Å². The molecule has 0 bridgehead atoms. The second kappa shape index (κ2) is 7.63. The molecule has 0 amide bonds. The predicted octanol–water partition coefficient (Wildman–Crippen LogP) is 5.13. The molecule has 0 aliphatic rings. The van der Waals surface area contributed by atoms with Crippen LogP contribution in [0.5, 0.6) is 5.75 Å². The van der Waals surface area contributed by atoms with Crippen molar-refractivity contribution < 1.29 is 14.4 Å². The summed E-state index contributed by atoms with van der Waals surface area (Å²) in [5.74, 6) is -0.0394. The Balaban J connectivity index is 1.65. The zero-order valence-electron chi connectivity index (χ0n) is 15.9. The molecule has 0 saturated carbocycles. The Kier molecular flexibility index (Phi) is 4.85. The molecule has 0 radical (unpaired) electrons. The van der Waals surface area contributed by atoms with Crippen molar-refractivity contribution in [2.24, 2.45) is 4.99 Å². The van der Waals surface area contributed by atoms with E-state index in [-0.39, 0.29) is 17.0 Å². The van der Waals surface area contributed by atoms with E-state index in [4.69, 9.17) is 4.42 Å². The van der Waals surface area contributed by atoms with Gasteiger partial charge < -0.3 is 9.52 Å². The molecule has 0 spiro atoms. The number of aromatic hydroxyl groups is 1. The number of hydrogen-bond donors (Lipinski definition) is 1. The first-order valence-electron chi connectivity index (χ1n) is 9.08. The van der Waals surface area contributed by atoms with Crippen LogP contribution in [0.15, 0.2) is 80.9 Å². The fourth-order valence-electron chi connectivity index (χ4n) is 3.17. The van der Waals surface area contributed by atoms with Gasteiger partial charge in [-0.3, -0.25) is 15.1 Å². The van der Waals surface area contributed by atoms with Crippen molar-refractivity contribution in [1.29, 1.82) is 0 Å². The molecule has 0 fully saturated rings. The summed E-state index contributed by atoms with van der Waals surface area (Å²) in [6.07, 6.45) is 1.46. The second-order valence-corrected chi connectivity index (χ2v) is 6.73. The summed E-state index contributed by atoms with van der Waals surface area (Å²) in [7, 11) is 0. The number of nitro benzene ring substituents is 1. The summed E-state index contributed by atoms with van der Waals surface area (Å²) in [6.45, 7) is 1.80. The largest absolute Gasteiger partial charge is 0.507 e. The molecule has 0 aliphatic heterocycles. The zero-order chi connectivity index (χ0) is 21.3. The fourth-order valence-corrected chi connectivity index (χ4v) is 3.17. The Hall–Kier alpha value is -4.26. The Morgan fingerprint density at radius 1 is 1.00 bits per heavy atom. The van der Waals surface area contributed by atoms with Crippen LogP contribution >= 0.6 is 0 Å². The van der Waals surface area contributed by atoms with Gasteiger partial charge in [-0.1, -0.05) is 12.1 Å². The zero-order valence-corrected chi connectivity index (χ0v) is 15.9. The monoisotopic (exact) mass is 400 g/mol. The van der Waals surface area contributed by atoms with Gasteiger partial charge in [0.05, 0.1) is 16.2 Å². The maximum Gasteiger partial charge on any atom is 0.336 e. The number of hydrogen-bond acceptors (Lipinski definition) is 6. The minimum absolute atomic E-state index is 0.0387. The van der Waals surface area contributed by atoms with Crippen molar-refractivity contribution >= 4 is 28.6 Å². The number of phenolic OH excluding ortho intramolecular Hbond substituents is 1. The smallest absolute Gasteiger partial charge is 0.336 e. The number of nitro groups is 1. The van der Waals surface area contributed by atoms with Crippen LogP contribution in [0.3, 0.4) is 0 Å². The maximum atomic E-state index is 11.7. The SMILES string of the molecule is Cc1cc(=O)oc2c(C=Nc3ccc(-c4ccc([N+](=O)[O-])cc4)cc3)c(O)ccc12. The third-order valence-electron chi connectivity index (χ3n) is 4.76. The molecule has 0 saturated heterocycles. The van der Waals surface area contributed by atoms with Crippen LogP contribution in [0.4, 0.5) is 11.4 Å². The standard InChI is InChI=1S/C23H16N2O5/c1-14-12-22(27)30-23-19(14)10-11-21(26)20(23)13-24-17-6-2-15(3-7-17)16-4-8-18(9-5-16)25(28)29/h2-13,26H,1H3. The van der Waals surface area contributed by atoms with Crippen molar-refractivity contribution in [3.05, 3.63) is 98.4 Å². The van der Waals surface area contributed by atoms with Gasteiger partial charge in [0.1, 0.15) is 5.75 Å². The van der Waals surface area contributed by atoms with E-state index in [1.807, 2.05) is 12.1 Å². The van der Waals surface area contributed by atoms with Gasteiger partial charge in [-0.05, 0) is 60.0 Å². The van der Waals surface area contributed by atoms with E-state index < -0.39 is 10.5 Å². The summed E-state index contributed by atoms with van der Waals surface area (Å²) in [5, 5.41) is 21.7. The highest BCUT2D eigenvalue weighted by atomic mass is 16.6. The maximum absolute atomic E-state index is 11.7. The van der Waals surface area contributed by atoms with Crippen molar-refractivity contribution in [3.8, 4) is 16.9 Å². The van der Waals surface area contributed by atoms with Gasteiger partial charge in [-0.25, -0.2) is 4.79 Å². The van der Waals surface area contributed by atoms with Gasteiger partial charge in [0.25, 0.3) is 5.69 Å². The molecule has 0 aliphatic carbocycles. The summed E-state index contributed by atoms with van der Waals surface area (Å²) >= 11 is 0. The highest BCUT2D eigenvalue weighted by Crippen LogP contribution is 2.28. The average Bonchev–Trinajstić information content (AvgIpc) is 2.73. The summed E-state index contributed by atoms with van der Waals surface area (Å²) < 4.78 is 5.29. The summed E-state index contributed by atoms with van der Waals surface area (Å²) in [5.41, 5.74) is 3.28. The van der Waals surface area contributed by atoms with Gasteiger partial charge >= 0.3 is 5.63 Å². The number of phenols is 1. The first-order chi connectivity index (χ1) is 14.4. The molecule has 7 nitrogen and oxygen atoms in total. The normalized spacial score (nSPS) is 11.2. The fraction of sp³-hybridized carbons (Fsp3) is 0.0435. The number of aryl methyl sites for hydroxylation is 1. The minimum atomic E-state index is -0.493. The molecule has 1 aromatic heterocycles. The third kappa shape index (κ3) is 3.68. The Morgan fingerprint density at radius 2 is 1.63 bits per heavy atom. The number of non-ortho nitro benzene ring substituents is 1. The van der Waals surface area contributed by atoms with Crippen molar-refractivity contribution in [2.75, 3.05) is 0 Å². The number of benzene rings is 3. The molecule has 0 unspecified atom stereocenters.